The molecular weight excluding hydrogens is 352 g/mol. The zero-order valence-corrected chi connectivity index (χ0v) is 15.2. The SMILES string of the molecule is NC1CC2CCCC(C1)C2NC(=O)C1CC(=O)N(c2ccc(F)cc2F)C1. The van der Waals surface area contributed by atoms with Crippen LogP contribution in [0, 0.1) is 29.4 Å². The van der Waals surface area contributed by atoms with E-state index in [1.54, 1.807) is 0 Å². The van der Waals surface area contributed by atoms with Gasteiger partial charge in [0.1, 0.15) is 11.6 Å². The number of anilines is 1. The van der Waals surface area contributed by atoms with Gasteiger partial charge in [-0.2, -0.15) is 0 Å². The van der Waals surface area contributed by atoms with Crippen molar-refractivity contribution >= 4 is 17.5 Å². The average Bonchev–Trinajstić information content (AvgIpc) is 2.97. The van der Waals surface area contributed by atoms with Crippen molar-refractivity contribution in [3.8, 4) is 0 Å². The second kappa shape index (κ2) is 7.19. The summed E-state index contributed by atoms with van der Waals surface area (Å²) in [5.41, 5.74) is 6.16. The Morgan fingerprint density at radius 1 is 1.19 bits per heavy atom. The first-order valence-corrected chi connectivity index (χ1v) is 9.73. The molecule has 2 bridgehead atoms. The van der Waals surface area contributed by atoms with Gasteiger partial charge in [-0.05, 0) is 49.7 Å². The number of amides is 2. The standard InChI is InChI=1S/C20H25F2N3O2/c21-14-4-5-17(16(22)9-14)25-10-13(8-18(25)26)20(27)24-19-11-2-1-3-12(19)7-15(23)6-11/h4-5,9,11-13,15,19H,1-3,6-8,10,23H2,(H,24,27). The molecule has 1 aliphatic heterocycles. The lowest BCUT2D eigenvalue weighted by molar-refractivity contribution is -0.128. The van der Waals surface area contributed by atoms with E-state index in [-0.39, 0.29) is 42.6 Å². The smallest absolute Gasteiger partial charge is 0.227 e. The Bertz CT molecular complexity index is 743. The van der Waals surface area contributed by atoms with E-state index in [0.717, 1.165) is 37.8 Å². The average molecular weight is 377 g/mol. The second-order valence-electron chi connectivity index (χ2n) is 8.22. The molecule has 5 nitrogen and oxygen atoms in total. The van der Waals surface area contributed by atoms with Gasteiger partial charge < -0.3 is 16.0 Å². The number of hydrogen-bond donors (Lipinski definition) is 2. The molecule has 3 N–H and O–H groups in total. The number of carbonyl (C=O) groups is 2. The third-order valence-corrected chi connectivity index (χ3v) is 6.38. The minimum absolute atomic E-state index is 0.0252. The van der Waals surface area contributed by atoms with E-state index in [2.05, 4.69) is 5.32 Å². The van der Waals surface area contributed by atoms with E-state index in [1.165, 1.54) is 17.4 Å². The molecule has 1 aromatic carbocycles. The monoisotopic (exact) mass is 377 g/mol. The predicted octanol–water partition coefficient (Wildman–Crippen LogP) is 2.34. The van der Waals surface area contributed by atoms with Crippen molar-refractivity contribution in [3.05, 3.63) is 29.8 Å². The van der Waals surface area contributed by atoms with Crippen LogP contribution in [0.4, 0.5) is 14.5 Å². The molecule has 27 heavy (non-hydrogen) atoms. The van der Waals surface area contributed by atoms with Crippen molar-refractivity contribution in [1.82, 2.24) is 5.32 Å². The van der Waals surface area contributed by atoms with Crippen molar-refractivity contribution in [2.45, 2.75) is 50.6 Å². The number of hydrogen-bond acceptors (Lipinski definition) is 3. The molecule has 7 heteroatoms. The summed E-state index contributed by atoms with van der Waals surface area (Å²) >= 11 is 0. The van der Waals surface area contributed by atoms with Gasteiger partial charge in [-0.15, -0.1) is 0 Å². The Hall–Kier alpha value is -2.02. The molecule has 3 atom stereocenters. The van der Waals surface area contributed by atoms with Gasteiger partial charge in [0.15, 0.2) is 0 Å². The maximum atomic E-state index is 14.0. The van der Waals surface area contributed by atoms with Gasteiger partial charge in [0, 0.05) is 31.1 Å². The van der Waals surface area contributed by atoms with Crippen molar-refractivity contribution in [3.63, 3.8) is 0 Å². The summed E-state index contributed by atoms with van der Waals surface area (Å²) in [5.74, 6) is -1.66. The molecule has 0 aromatic heterocycles. The van der Waals surface area contributed by atoms with E-state index in [9.17, 15) is 18.4 Å². The van der Waals surface area contributed by atoms with Gasteiger partial charge in [0.25, 0.3) is 0 Å². The Morgan fingerprint density at radius 3 is 2.56 bits per heavy atom. The molecule has 4 rings (SSSR count). The van der Waals surface area contributed by atoms with Crippen LogP contribution < -0.4 is 16.0 Å². The molecule has 3 aliphatic rings. The van der Waals surface area contributed by atoms with E-state index < -0.39 is 17.6 Å². The summed E-state index contributed by atoms with van der Waals surface area (Å²) in [6, 6.07) is 3.44. The summed E-state index contributed by atoms with van der Waals surface area (Å²) in [4.78, 5) is 26.4. The van der Waals surface area contributed by atoms with Gasteiger partial charge in [-0.1, -0.05) is 6.42 Å². The molecule has 2 amide bonds. The van der Waals surface area contributed by atoms with Gasteiger partial charge in [-0.3, -0.25) is 9.59 Å². The van der Waals surface area contributed by atoms with Crippen LogP contribution in [0.3, 0.4) is 0 Å². The lowest BCUT2D eigenvalue weighted by Gasteiger charge is -2.45. The van der Waals surface area contributed by atoms with Crippen LogP contribution >= 0.6 is 0 Å². The van der Waals surface area contributed by atoms with Crippen LogP contribution in [0.5, 0.6) is 0 Å². The lowest BCUT2D eigenvalue weighted by atomic mass is 9.67. The summed E-state index contributed by atoms with van der Waals surface area (Å²) in [6.45, 7) is 0.120. The fourth-order valence-corrected chi connectivity index (χ4v) is 5.12. The molecule has 3 fully saturated rings. The molecule has 1 aromatic rings. The van der Waals surface area contributed by atoms with Crippen LogP contribution in [0.25, 0.3) is 0 Å². The quantitative estimate of drug-likeness (QED) is 0.849. The fourth-order valence-electron chi connectivity index (χ4n) is 5.12. The Balaban J connectivity index is 1.44. The van der Waals surface area contributed by atoms with Crippen LogP contribution in [0.1, 0.15) is 38.5 Å². The normalized spacial score (nSPS) is 33.2. The maximum absolute atomic E-state index is 14.0. The topological polar surface area (TPSA) is 75.4 Å². The van der Waals surface area contributed by atoms with Crippen LogP contribution in [-0.2, 0) is 9.59 Å². The van der Waals surface area contributed by atoms with Gasteiger partial charge >= 0.3 is 0 Å². The summed E-state index contributed by atoms with van der Waals surface area (Å²) in [5, 5.41) is 3.17. The Morgan fingerprint density at radius 2 is 1.89 bits per heavy atom. The summed E-state index contributed by atoms with van der Waals surface area (Å²) in [6.07, 6.45) is 5.23. The first-order valence-electron chi connectivity index (χ1n) is 9.73. The number of fused-ring (bicyclic) bond motifs is 2. The molecule has 3 unspecified atom stereocenters. The molecule has 1 heterocycles. The minimum atomic E-state index is -0.791. The molecular formula is C20H25F2N3O2. The minimum Gasteiger partial charge on any atom is -0.353 e. The first kappa shape index (κ1) is 18.3. The maximum Gasteiger partial charge on any atom is 0.227 e. The summed E-state index contributed by atoms with van der Waals surface area (Å²) in [7, 11) is 0. The van der Waals surface area contributed by atoms with E-state index >= 15 is 0 Å². The third-order valence-electron chi connectivity index (χ3n) is 6.38. The molecule has 2 aliphatic carbocycles. The van der Waals surface area contributed by atoms with Crippen molar-refractivity contribution in [2.75, 3.05) is 11.4 Å². The van der Waals surface area contributed by atoms with Crippen LogP contribution in [-0.4, -0.2) is 30.4 Å². The van der Waals surface area contributed by atoms with E-state index in [0.29, 0.717) is 11.8 Å². The fraction of sp³-hybridized carbons (Fsp3) is 0.600. The number of halogens is 2. The number of nitrogens with one attached hydrogen (secondary N) is 1. The third kappa shape index (κ3) is 3.57. The highest BCUT2D eigenvalue weighted by Gasteiger charge is 2.42. The van der Waals surface area contributed by atoms with Crippen LogP contribution in [0.15, 0.2) is 18.2 Å². The van der Waals surface area contributed by atoms with E-state index in [1.807, 2.05) is 0 Å². The highest BCUT2D eigenvalue weighted by atomic mass is 19.1. The largest absolute Gasteiger partial charge is 0.353 e. The second-order valence-corrected chi connectivity index (χ2v) is 8.22. The molecule has 146 valence electrons. The highest BCUT2D eigenvalue weighted by Crippen LogP contribution is 2.40. The first-order chi connectivity index (χ1) is 12.9. The zero-order valence-electron chi connectivity index (χ0n) is 15.2. The molecule has 1 saturated heterocycles. The number of nitrogens with zero attached hydrogens (tertiary/aromatic N) is 1. The van der Waals surface area contributed by atoms with Gasteiger partial charge in [0.2, 0.25) is 11.8 Å². The van der Waals surface area contributed by atoms with Gasteiger partial charge in [-0.25, -0.2) is 8.78 Å². The van der Waals surface area contributed by atoms with Gasteiger partial charge in [0.05, 0.1) is 11.6 Å². The molecule has 0 spiro atoms. The summed E-state index contributed by atoms with van der Waals surface area (Å²) < 4.78 is 27.1. The lowest BCUT2D eigenvalue weighted by Crippen LogP contribution is -2.54. The molecule has 2 saturated carbocycles. The van der Waals surface area contributed by atoms with Crippen molar-refractivity contribution in [1.29, 1.82) is 0 Å². The van der Waals surface area contributed by atoms with Crippen molar-refractivity contribution < 1.29 is 18.4 Å². The predicted molar refractivity (Wildman–Crippen MR) is 96.8 cm³/mol. The molecule has 0 radical (unpaired) electrons. The number of nitrogens with two attached hydrogens (primary N) is 1. The van der Waals surface area contributed by atoms with Crippen LogP contribution in [0.2, 0.25) is 0 Å². The Labute approximate surface area is 157 Å². The highest BCUT2D eigenvalue weighted by molar-refractivity contribution is 6.00. The zero-order chi connectivity index (χ0) is 19.1. The number of carbonyl (C=O) groups excluding carboxylic acids is 2. The van der Waals surface area contributed by atoms with Crippen molar-refractivity contribution in [2.24, 2.45) is 23.5 Å². The van der Waals surface area contributed by atoms with E-state index in [4.69, 9.17) is 5.73 Å². The number of rotatable bonds is 3. The Kier molecular flexibility index (Phi) is 4.88. The number of benzene rings is 1.